The van der Waals surface area contributed by atoms with Gasteiger partial charge in [0.25, 0.3) is 0 Å². The predicted molar refractivity (Wildman–Crippen MR) is 73.8 cm³/mol. The molecule has 0 aromatic carbocycles. The van der Waals surface area contributed by atoms with Gasteiger partial charge in [0.2, 0.25) is 0 Å². The van der Waals surface area contributed by atoms with Crippen molar-refractivity contribution >= 4 is 17.9 Å². The highest BCUT2D eigenvalue weighted by Gasteiger charge is 2.15. The van der Waals surface area contributed by atoms with Crippen LogP contribution in [0.3, 0.4) is 0 Å². The summed E-state index contributed by atoms with van der Waals surface area (Å²) in [5, 5.41) is 12.1. The van der Waals surface area contributed by atoms with Crippen LogP contribution in [-0.4, -0.2) is 32.9 Å². The van der Waals surface area contributed by atoms with Gasteiger partial charge in [-0.3, -0.25) is 29.3 Å². The normalized spacial score (nSPS) is 9.33. The maximum atomic E-state index is 10.8. The SMILES string of the molecule is C=CC(=O)OOOc1nc(OOOC(=O)C=C)nc(OOOC(=O)C=C)n1. The summed E-state index contributed by atoms with van der Waals surface area (Å²) in [7, 11) is 0. The second kappa shape index (κ2) is 11.5. The van der Waals surface area contributed by atoms with E-state index in [9.17, 15) is 14.4 Å². The lowest BCUT2D eigenvalue weighted by Crippen LogP contribution is -2.12. The van der Waals surface area contributed by atoms with Crippen LogP contribution >= 0.6 is 0 Å². The van der Waals surface area contributed by atoms with E-state index < -0.39 is 35.9 Å². The number of nitrogens with zero attached hydrogens (tertiary/aromatic N) is 3. The summed E-state index contributed by atoms with van der Waals surface area (Å²) in [6, 6.07) is -2.20. The first-order valence-corrected chi connectivity index (χ1v) is 6.27. The Labute approximate surface area is 148 Å². The van der Waals surface area contributed by atoms with Gasteiger partial charge in [-0.05, 0) is 0 Å². The number of hydrogen-bond acceptors (Lipinski definition) is 15. The molecule has 0 aliphatic carbocycles. The topological polar surface area (TPSA) is 173 Å². The van der Waals surface area contributed by atoms with Gasteiger partial charge in [-0.2, -0.15) is 0 Å². The minimum Gasteiger partial charge on any atom is -0.256 e. The average Bonchev–Trinajstić information content (AvgIpc) is 2.67. The highest BCUT2D eigenvalue weighted by atomic mass is 17.5. The Morgan fingerprint density at radius 3 is 1.07 bits per heavy atom. The minimum absolute atomic E-state index is 0.732. The molecule has 1 rings (SSSR count). The van der Waals surface area contributed by atoms with E-state index in [4.69, 9.17) is 0 Å². The molecule has 0 radical (unpaired) electrons. The van der Waals surface area contributed by atoms with Gasteiger partial charge in [-0.1, -0.05) is 19.7 Å². The molecule has 15 nitrogen and oxygen atoms in total. The van der Waals surface area contributed by atoms with Crippen LogP contribution in [0, 0.1) is 0 Å². The molecule has 27 heavy (non-hydrogen) atoms. The molecule has 1 aromatic rings. The van der Waals surface area contributed by atoms with Crippen LogP contribution in [0.1, 0.15) is 0 Å². The fraction of sp³-hybridized carbons (Fsp3) is 0. The van der Waals surface area contributed by atoms with Crippen molar-refractivity contribution in [1.29, 1.82) is 0 Å². The molecular formula is C12H9N3O12. The molecule has 0 atom stereocenters. The van der Waals surface area contributed by atoms with E-state index in [1.165, 1.54) is 0 Å². The number of carbonyl (C=O) groups excluding carboxylic acids is 3. The van der Waals surface area contributed by atoms with Crippen LogP contribution in [0.5, 0.6) is 18.0 Å². The third-order valence-corrected chi connectivity index (χ3v) is 1.75. The first kappa shape index (κ1) is 21.0. The van der Waals surface area contributed by atoms with Crippen LogP contribution in [-0.2, 0) is 44.2 Å². The summed E-state index contributed by atoms with van der Waals surface area (Å²) < 4.78 is 0. The Morgan fingerprint density at radius 2 is 0.852 bits per heavy atom. The fourth-order valence-electron chi connectivity index (χ4n) is 0.777. The van der Waals surface area contributed by atoms with E-state index in [1.54, 1.807) is 0 Å². The smallest absolute Gasteiger partial charge is 0.256 e. The first-order chi connectivity index (χ1) is 13.0. The monoisotopic (exact) mass is 387 g/mol. The fourth-order valence-corrected chi connectivity index (χ4v) is 0.777. The van der Waals surface area contributed by atoms with Crippen molar-refractivity contribution in [3.05, 3.63) is 38.0 Å². The van der Waals surface area contributed by atoms with Crippen LogP contribution < -0.4 is 14.7 Å². The zero-order valence-electron chi connectivity index (χ0n) is 13.1. The van der Waals surface area contributed by atoms with E-state index in [1.807, 2.05) is 0 Å². The van der Waals surface area contributed by atoms with Gasteiger partial charge in [0.1, 0.15) is 0 Å². The summed E-state index contributed by atoms with van der Waals surface area (Å²) in [6.07, 6.45) is 2.30. The molecule has 0 aliphatic heterocycles. The Hall–Kier alpha value is -4.08. The summed E-state index contributed by atoms with van der Waals surface area (Å²) >= 11 is 0. The van der Waals surface area contributed by atoms with Crippen molar-refractivity contribution in [2.45, 2.75) is 0 Å². The Kier molecular flexibility index (Phi) is 8.91. The molecule has 1 aromatic heterocycles. The van der Waals surface area contributed by atoms with Gasteiger partial charge in [0, 0.05) is 33.3 Å². The third-order valence-electron chi connectivity index (χ3n) is 1.75. The summed E-state index contributed by atoms with van der Waals surface area (Å²) in [6.45, 7) is 9.31. The van der Waals surface area contributed by atoms with Crippen molar-refractivity contribution in [3.63, 3.8) is 0 Å². The minimum atomic E-state index is -1.00. The van der Waals surface area contributed by atoms with Gasteiger partial charge in [-0.25, -0.2) is 14.4 Å². The second-order valence-electron chi connectivity index (χ2n) is 3.46. The molecule has 0 fully saturated rings. The predicted octanol–water partition coefficient (Wildman–Crippen LogP) is -0.265. The highest BCUT2D eigenvalue weighted by Crippen LogP contribution is 2.15. The standard InChI is InChI=1S/C12H9N3O12/c1-4-7(16)19-25-22-10-13-11(23-26-20-8(17)5-2)15-12(14-10)24-27-21-9(18)6-3/h4-6H,1-3H2. The molecule has 1 heterocycles. The quantitative estimate of drug-likeness (QED) is 0.260. The van der Waals surface area contributed by atoms with Crippen LogP contribution in [0.4, 0.5) is 0 Å². The Morgan fingerprint density at radius 1 is 0.593 bits per heavy atom. The molecule has 144 valence electrons. The van der Waals surface area contributed by atoms with Crippen molar-refractivity contribution in [2.75, 3.05) is 0 Å². The number of rotatable bonds is 12. The van der Waals surface area contributed by atoms with Crippen LogP contribution in [0.25, 0.3) is 0 Å². The van der Waals surface area contributed by atoms with Gasteiger partial charge >= 0.3 is 35.9 Å². The van der Waals surface area contributed by atoms with Crippen molar-refractivity contribution in [1.82, 2.24) is 15.0 Å². The average molecular weight is 387 g/mol. The van der Waals surface area contributed by atoms with E-state index in [0.717, 1.165) is 18.2 Å². The van der Waals surface area contributed by atoms with Gasteiger partial charge in [0.05, 0.1) is 0 Å². The molecule has 0 aliphatic rings. The van der Waals surface area contributed by atoms with E-state index in [2.05, 4.69) is 79.1 Å². The second-order valence-corrected chi connectivity index (χ2v) is 3.46. The van der Waals surface area contributed by atoms with E-state index in [0.29, 0.717) is 0 Å². The lowest BCUT2D eigenvalue weighted by Gasteiger charge is -2.05. The summed E-state index contributed by atoms with van der Waals surface area (Å²) in [5.41, 5.74) is 0. The van der Waals surface area contributed by atoms with E-state index >= 15 is 0 Å². The summed E-state index contributed by atoms with van der Waals surface area (Å²) in [5.74, 6) is -3.01. The maximum Gasteiger partial charge on any atom is 0.369 e. The zero-order valence-corrected chi connectivity index (χ0v) is 13.1. The Balaban J connectivity index is 2.76. The zero-order chi connectivity index (χ0) is 20.1. The van der Waals surface area contributed by atoms with Crippen molar-refractivity contribution in [2.24, 2.45) is 0 Å². The van der Waals surface area contributed by atoms with Crippen molar-refractivity contribution < 1.29 is 58.8 Å². The first-order valence-electron chi connectivity index (χ1n) is 6.27. The van der Waals surface area contributed by atoms with Crippen molar-refractivity contribution in [3.8, 4) is 18.0 Å². The molecule has 0 unspecified atom stereocenters. The molecule has 0 N–H and O–H groups in total. The van der Waals surface area contributed by atoms with Crippen LogP contribution in [0.2, 0.25) is 0 Å². The molecule has 0 spiro atoms. The lowest BCUT2D eigenvalue weighted by molar-refractivity contribution is -0.446. The molecule has 0 saturated heterocycles. The molecular weight excluding hydrogens is 378 g/mol. The van der Waals surface area contributed by atoms with Gasteiger partial charge in [-0.15, -0.1) is 15.0 Å². The largest absolute Gasteiger partial charge is 0.369 e. The highest BCUT2D eigenvalue weighted by molar-refractivity contribution is 5.81. The number of hydrogen-bond donors (Lipinski definition) is 0. The maximum absolute atomic E-state index is 10.8. The summed E-state index contributed by atoms with van der Waals surface area (Å²) in [4.78, 5) is 68.0. The molecule has 0 saturated carbocycles. The molecule has 0 bridgehead atoms. The van der Waals surface area contributed by atoms with Gasteiger partial charge in [0.15, 0.2) is 0 Å². The third kappa shape index (κ3) is 8.54. The Bertz CT molecular complexity index is 614. The molecule has 15 heteroatoms. The lowest BCUT2D eigenvalue weighted by atomic mass is 10.7. The number of aromatic nitrogens is 3. The van der Waals surface area contributed by atoms with Gasteiger partial charge < -0.3 is 0 Å². The molecule has 0 amide bonds. The van der Waals surface area contributed by atoms with Crippen LogP contribution in [0.15, 0.2) is 38.0 Å². The van der Waals surface area contributed by atoms with E-state index in [-0.39, 0.29) is 0 Å². The number of carbonyl (C=O) groups is 3.